The summed E-state index contributed by atoms with van der Waals surface area (Å²) in [5, 5.41) is 3.32. The van der Waals surface area contributed by atoms with Crippen LogP contribution in [0.15, 0.2) is 42.9 Å². The summed E-state index contributed by atoms with van der Waals surface area (Å²) in [7, 11) is 1.58. The Kier molecular flexibility index (Phi) is 4.37. The SMILES string of the molecule is COc1cc(-c2nc(C3=CCNCC3)[nH]c2-c2ccncc2)cnc1N. The molecule has 4 rings (SSSR count). The van der Waals surface area contributed by atoms with Crippen LogP contribution in [0.1, 0.15) is 12.2 Å². The summed E-state index contributed by atoms with van der Waals surface area (Å²) in [5.41, 5.74) is 10.7. The lowest BCUT2D eigenvalue weighted by Crippen LogP contribution is -2.20. The molecule has 0 atom stereocenters. The fourth-order valence-corrected chi connectivity index (χ4v) is 3.05. The quantitative estimate of drug-likeness (QED) is 0.669. The summed E-state index contributed by atoms with van der Waals surface area (Å²) in [4.78, 5) is 16.7. The number of methoxy groups -OCH3 is 1. The van der Waals surface area contributed by atoms with E-state index in [1.165, 1.54) is 5.57 Å². The Balaban J connectivity index is 1.87. The number of nitrogen functional groups attached to an aromatic ring is 1. The molecule has 0 fully saturated rings. The number of hydrogen-bond donors (Lipinski definition) is 3. The first-order valence-corrected chi connectivity index (χ1v) is 8.46. The second kappa shape index (κ2) is 6.97. The third kappa shape index (κ3) is 3.04. The number of ether oxygens (including phenoxy) is 1. The van der Waals surface area contributed by atoms with Gasteiger partial charge >= 0.3 is 0 Å². The Morgan fingerprint density at radius 1 is 1.19 bits per heavy atom. The van der Waals surface area contributed by atoms with Gasteiger partial charge in [0, 0.05) is 36.3 Å². The molecule has 3 aromatic rings. The normalized spacial score (nSPS) is 14.1. The Labute approximate surface area is 151 Å². The van der Waals surface area contributed by atoms with Crippen LogP contribution in [0.2, 0.25) is 0 Å². The largest absolute Gasteiger partial charge is 0.493 e. The number of nitrogens with zero attached hydrogens (tertiary/aromatic N) is 3. The molecule has 0 unspecified atom stereocenters. The van der Waals surface area contributed by atoms with Crippen LogP contribution >= 0.6 is 0 Å². The predicted molar refractivity (Wildman–Crippen MR) is 101 cm³/mol. The lowest BCUT2D eigenvalue weighted by atomic mass is 10.1. The first kappa shape index (κ1) is 16.3. The van der Waals surface area contributed by atoms with Gasteiger partial charge in [0.2, 0.25) is 0 Å². The summed E-state index contributed by atoms with van der Waals surface area (Å²) in [6.45, 7) is 1.80. The monoisotopic (exact) mass is 348 g/mol. The van der Waals surface area contributed by atoms with Crippen LogP contribution in [0, 0.1) is 0 Å². The third-order valence-electron chi connectivity index (χ3n) is 4.42. The molecule has 4 N–H and O–H groups in total. The summed E-state index contributed by atoms with van der Waals surface area (Å²) >= 11 is 0. The molecule has 0 amide bonds. The minimum Gasteiger partial charge on any atom is -0.493 e. The van der Waals surface area contributed by atoms with Gasteiger partial charge in [0.05, 0.1) is 18.5 Å². The van der Waals surface area contributed by atoms with Crippen molar-refractivity contribution in [1.82, 2.24) is 25.3 Å². The van der Waals surface area contributed by atoms with Gasteiger partial charge in [0.1, 0.15) is 5.82 Å². The number of imidazole rings is 1. The summed E-state index contributed by atoms with van der Waals surface area (Å²) in [6.07, 6.45) is 8.37. The van der Waals surface area contributed by atoms with Gasteiger partial charge in [-0.05, 0) is 36.7 Å². The molecule has 0 aliphatic carbocycles. The highest BCUT2D eigenvalue weighted by Gasteiger charge is 2.18. The maximum Gasteiger partial charge on any atom is 0.166 e. The predicted octanol–water partition coefficient (Wildman–Crippen LogP) is 2.50. The topological polar surface area (TPSA) is 102 Å². The average molecular weight is 348 g/mol. The van der Waals surface area contributed by atoms with Crippen LogP contribution in [-0.4, -0.2) is 40.1 Å². The molecule has 26 heavy (non-hydrogen) atoms. The molecule has 0 spiro atoms. The molecule has 4 heterocycles. The van der Waals surface area contributed by atoms with Crippen molar-refractivity contribution in [2.24, 2.45) is 0 Å². The van der Waals surface area contributed by atoms with Crippen molar-refractivity contribution in [1.29, 1.82) is 0 Å². The van der Waals surface area contributed by atoms with Gasteiger partial charge in [-0.15, -0.1) is 0 Å². The lowest BCUT2D eigenvalue weighted by Gasteiger charge is -2.11. The standard InChI is InChI=1S/C19H20N6O/c1-26-15-10-14(11-23-18(15)20)17-16(12-2-6-21-7-3-12)24-19(25-17)13-4-8-22-9-5-13/h2-4,6-7,10-11,22H,5,8-9H2,1H3,(H2,20,23)(H,24,25). The molecule has 0 radical (unpaired) electrons. The van der Waals surface area contributed by atoms with Crippen molar-refractivity contribution in [3.63, 3.8) is 0 Å². The van der Waals surface area contributed by atoms with Gasteiger partial charge in [0.15, 0.2) is 11.6 Å². The highest BCUT2D eigenvalue weighted by molar-refractivity contribution is 5.81. The van der Waals surface area contributed by atoms with Crippen LogP contribution in [0.3, 0.4) is 0 Å². The molecule has 7 heteroatoms. The van der Waals surface area contributed by atoms with E-state index in [1.807, 2.05) is 18.2 Å². The average Bonchev–Trinajstić information content (AvgIpc) is 3.15. The molecule has 0 saturated carbocycles. The van der Waals surface area contributed by atoms with E-state index < -0.39 is 0 Å². The maximum atomic E-state index is 5.86. The molecule has 7 nitrogen and oxygen atoms in total. The highest BCUT2D eigenvalue weighted by Crippen LogP contribution is 2.34. The number of aromatic amines is 1. The van der Waals surface area contributed by atoms with Crippen molar-refractivity contribution >= 4 is 11.4 Å². The number of rotatable bonds is 4. The zero-order valence-corrected chi connectivity index (χ0v) is 14.5. The molecule has 0 saturated heterocycles. The fourth-order valence-electron chi connectivity index (χ4n) is 3.05. The number of nitrogens with two attached hydrogens (primary N) is 1. The van der Waals surface area contributed by atoms with E-state index in [9.17, 15) is 0 Å². The minimum absolute atomic E-state index is 0.360. The Morgan fingerprint density at radius 3 is 2.77 bits per heavy atom. The molecule has 0 aromatic carbocycles. The van der Waals surface area contributed by atoms with Crippen LogP contribution in [-0.2, 0) is 0 Å². The molecule has 1 aliphatic heterocycles. The van der Waals surface area contributed by atoms with Crippen LogP contribution in [0.4, 0.5) is 5.82 Å². The minimum atomic E-state index is 0.360. The third-order valence-corrected chi connectivity index (χ3v) is 4.42. The van der Waals surface area contributed by atoms with E-state index in [2.05, 4.69) is 26.3 Å². The molecule has 1 aliphatic rings. The second-order valence-corrected chi connectivity index (χ2v) is 6.04. The first-order chi connectivity index (χ1) is 12.8. The van der Waals surface area contributed by atoms with Crippen molar-refractivity contribution in [2.45, 2.75) is 6.42 Å². The van der Waals surface area contributed by atoms with Crippen LogP contribution in [0.5, 0.6) is 5.75 Å². The van der Waals surface area contributed by atoms with Gasteiger partial charge in [-0.1, -0.05) is 6.08 Å². The summed E-state index contributed by atoms with van der Waals surface area (Å²) in [6, 6.07) is 5.78. The van der Waals surface area contributed by atoms with Crippen molar-refractivity contribution in [3.05, 3.63) is 48.7 Å². The van der Waals surface area contributed by atoms with E-state index in [4.69, 9.17) is 15.5 Å². The van der Waals surface area contributed by atoms with Crippen LogP contribution in [0.25, 0.3) is 28.1 Å². The van der Waals surface area contributed by atoms with Gasteiger partial charge in [-0.3, -0.25) is 4.98 Å². The van der Waals surface area contributed by atoms with Crippen molar-refractivity contribution < 1.29 is 4.74 Å². The number of anilines is 1. The number of nitrogens with one attached hydrogen (secondary N) is 2. The van der Waals surface area contributed by atoms with E-state index in [-0.39, 0.29) is 0 Å². The second-order valence-electron chi connectivity index (χ2n) is 6.04. The zero-order chi connectivity index (χ0) is 17.9. The number of H-pyrrole nitrogens is 1. The Bertz CT molecular complexity index is 948. The van der Waals surface area contributed by atoms with Gasteiger partial charge in [-0.2, -0.15) is 0 Å². The molecular weight excluding hydrogens is 328 g/mol. The number of pyridine rings is 2. The molecule has 3 aromatic heterocycles. The first-order valence-electron chi connectivity index (χ1n) is 8.46. The Morgan fingerprint density at radius 2 is 2.04 bits per heavy atom. The van der Waals surface area contributed by atoms with E-state index >= 15 is 0 Å². The lowest BCUT2D eigenvalue weighted by molar-refractivity contribution is 0.415. The van der Waals surface area contributed by atoms with Gasteiger partial charge in [-0.25, -0.2) is 9.97 Å². The zero-order valence-electron chi connectivity index (χ0n) is 14.5. The molecule has 0 bridgehead atoms. The molecule has 132 valence electrons. The maximum absolute atomic E-state index is 5.86. The Hall–Kier alpha value is -3.19. The number of hydrogen-bond acceptors (Lipinski definition) is 6. The van der Waals surface area contributed by atoms with Gasteiger partial charge < -0.3 is 20.8 Å². The fraction of sp³-hybridized carbons (Fsp3) is 0.211. The van der Waals surface area contributed by atoms with Gasteiger partial charge in [0.25, 0.3) is 0 Å². The van der Waals surface area contributed by atoms with Crippen LogP contribution < -0.4 is 15.8 Å². The van der Waals surface area contributed by atoms with Crippen molar-refractivity contribution in [2.75, 3.05) is 25.9 Å². The van der Waals surface area contributed by atoms with E-state index in [0.29, 0.717) is 11.6 Å². The van der Waals surface area contributed by atoms with E-state index in [0.717, 1.165) is 47.8 Å². The summed E-state index contributed by atoms with van der Waals surface area (Å²) < 4.78 is 5.32. The highest BCUT2D eigenvalue weighted by atomic mass is 16.5. The van der Waals surface area contributed by atoms with Crippen molar-refractivity contribution in [3.8, 4) is 28.3 Å². The number of aromatic nitrogens is 4. The van der Waals surface area contributed by atoms with E-state index in [1.54, 1.807) is 25.7 Å². The smallest absolute Gasteiger partial charge is 0.166 e. The summed E-state index contributed by atoms with van der Waals surface area (Å²) in [5.74, 6) is 1.77. The molecular formula is C19H20N6O.